The van der Waals surface area contributed by atoms with Gasteiger partial charge in [0.2, 0.25) is 0 Å². The number of carbonyl (C=O) groups is 1. The average Bonchev–Trinajstić information content (AvgIpc) is 2.18. The highest BCUT2D eigenvalue weighted by atomic mass is 16.1. The number of piperidine rings is 1. The van der Waals surface area contributed by atoms with Gasteiger partial charge in [0.05, 0.1) is 5.54 Å². The summed E-state index contributed by atoms with van der Waals surface area (Å²) in [6, 6.07) is 0.554. The van der Waals surface area contributed by atoms with Crippen LogP contribution in [0.1, 0.15) is 47.0 Å². The summed E-state index contributed by atoms with van der Waals surface area (Å²) in [7, 11) is 0. The Morgan fingerprint density at radius 3 is 2.57 bits per heavy atom. The first-order chi connectivity index (χ1) is 6.51. The molecule has 0 aromatic heterocycles. The van der Waals surface area contributed by atoms with Crippen LogP contribution in [-0.2, 0) is 4.79 Å². The molecular weight excluding hydrogens is 174 g/mol. The molecule has 2 atom stereocenters. The van der Waals surface area contributed by atoms with Crippen LogP contribution in [0.15, 0.2) is 0 Å². The van der Waals surface area contributed by atoms with Crippen LogP contribution in [-0.4, -0.2) is 29.3 Å². The van der Waals surface area contributed by atoms with Gasteiger partial charge in [-0.25, -0.2) is 0 Å². The summed E-state index contributed by atoms with van der Waals surface area (Å²) in [5.74, 6) is 0.783. The number of hydrogen-bond donors (Lipinski definition) is 0. The van der Waals surface area contributed by atoms with Crippen LogP contribution in [0.25, 0.3) is 0 Å². The molecule has 1 aliphatic heterocycles. The van der Waals surface area contributed by atoms with Gasteiger partial charge in [0, 0.05) is 12.6 Å². The van der Waals surface area contributed by atoms with Crippen LogP contribution < -0.4 is 0 Å². The van der Waals surface area contributed by atoms with Gasteiger partial charge in [-0.1, -0.05) is 13.3 Å². The molecule has 1 saturated heterocycles. The minimum Gasteiger partial charge on any atom is -0.301 e. The monoisotopic (exact) mass is 197 g/mol. The number of nitrogens with zero attached hydrogens (tertiary/aromatic N) is 1. The molecule has 0 aliphatic carbocycles. The Morgan fingerprint density at radius 2 is 2.07 bits per heavy atom. The molecule has 1 aliphatic rings. The van der Waals surface area contributed by atoms with E-state index in [1.54, 1.807) is 0 Å². The van der Waals surface area contributed by atoms with E-state index in [9.17, 15) is 4.79 Å². The lowest BCUT2D eigenvalue weighted by atomic mass is 9.87. The number of likely N-dealkylation sites (tertiary alicyclic amines) is 1. The van der Waals surface area contributed by atoms with E-state index in [1.165, 1.54) is 19.3 Å². The predicted molar refractivity (Wildman–Crippen MR) is 59.3 cm³/mol. The van der Waals surface area contributed by atoms with E-state index in [2.05, 4.69) is 18.7 Å². The van der Waals surface area contributed by atoms with Gasteiger partial charge in [0.25, 0.3) is 0 Å². The molecule has 82 valence electrons. The molecule has 0 unspecified atom stereocenters. The molecule has 0 N–H and O–H groups in total. The largest absolute Gasteiger partial charge is 0.301 e. The highest BCUT2D eigenvalue weighted by Gasteiger charge is 2.34. The summed E-state index contributed by atoms with van der Waals surface area (Å²) in [6.45, 7) is 9.61. The van der Waals surface area contributed by atoms with Gasteiger partial charge in [-0.05, 0) is 39.5 Å². The van der Waals surface area contributed by atoms with E-state index < -0.39 is 0 Å². The number of rotatable bonds is 3. The normalized spacial score (nSPS) is 30.3. The zero-order valence-electron chi connectivity index (χ0n) is 9.92. The van der Waals surface area contributed by atoms with E-state index in [1.807, 2.05) is 13.8 Å². The molecule has 0 amide bonds. The van der Waals surface area contributed by atoms with E-state index in [0.717, 1.165) is 18.7 Å². The molecule has 0 bridgehead atoms. The Morgan fingerprint density at radius 1 is 1.43 bits per heavy atom. The van der Waals surface area contributed by atoms with Crippen molar-refractivity contribution in [2.75, 3.05) is 6.54 Å². The second-order valence-corrected chi connectivity index (χ2v) is 5.12. The van der Waals surface area contributed by atoms with Gasteiger partial charge >= 0.3 is 0 Å². The summed E-state index contributed by atoms with van der Waals surface area (Å²) in [4.78, 5) is 13.4. The number of hydrogen-bond acceptors (Lipinski definition) is 2. The Labute approximate surface area is 87.7 Å². The average molecular weight is 197 g/mol. The molecular formula is C12H23NO. The van der Waals surface area contributed by atoms with Crippen molar-refractivity contribution in [1.82, 2.24) is 4.90 Å². The molecule has 0 aromatic carbocycles. The standard InChI is InChI=1S/C12H23NO/c1-5-11-7-6-10(2)13(8-11)12(3,4)9-14/h9-11H,5-8H2,1-4H3/t10-,11+/m0/s1. The van der Waals surface area contributed by atoms with Crippen LogP contribution in [0.5, 0.6) is 0 Å². The van der Waals surface area contributed by atoms with Crippen molar-refractivity contribution in [1.29, 1.82) is 0 Å². The summed E-state index contributed by atoms with van der Waals surface area (Å²) in [5.41, 5.74) is -0.284. The lowest BCUT2D eigenvalue weighted by molar-refractivity contribution is -0.119. The Bertz CT molecular complexity index is 200. The Kier molecular flexibility index (Phi) is 3.71. The second kappa shape index (κ2) is 4.43. The highest BCUT2D eigenvalue weighted by molar-refractivity contribution is 5.62. The van der Waals surface area contributed by atoms with Crippen LogP contribution >= 0.6 is 0 Å². The summed E-state index contributed by atoms with van der Waals surface area (Å²) < 4.78 is 0. The summed E-state index contributed by atoms with van der Waals surface area (Å²) in [5, 5.41) is 0. The minimum absolute atomic E-state index is 0.284. The number of aldehydes is 1. The first-order valence-corrected chi connectivity index (χ1v) is 5.74. The van der Waals surface area contributed by atoms with Crippen molar-refractivity contribution in [3.8, 4) is 0 Å². The molecule has 0 radical (unpaired) electrons. The van der Waals surface area contributed by atoms with E-state index >= 15 is 0 Å². The van der Waals surface area contributed by atoms with Crippen LogP contribution in [0.2, 0.25) is 0 Å². The fourth-order valence-corrected chi connectivity index (χ4v) is 2.39. The maximum absolute atomic E-state index is 11.0. The third-order valence-electron chi connectivity index (χ3n) is 3.59. The molecule has 1 rings (SSSR count). The molecule has 0 saturated carbocycles. The van der Waals surface area contributed by atoms with Gasteiger partial charge in [-0.15, -0.1) is 0 Å². The van der Waals surface area contributed by atoms with Crippen molar-refractivity contribution in [2.24, 2.45) is 5.92 Å². The fraction of sp³-hybridized carbons (Fsp3) is 0.917. The third kappa shape index (κ3) is 2.35. The molecule has 1 fully saturated rings. The van der Waals surface area contributed by atoms with E-state index in [-0.39, 0.29) is 5.54 Å². The minimum atomic E-state index is -0.284. The summed E-state index contributed by atoms with van der Waals surface area (Å²) >= 11 is 0. The molecule has 1 heterocycles. The number of carbonyl (C=O) groups excluding carboxylic acids is 1. The van der Waals surface area contributed by atoms with Crippen molar-refractivity contribution in [3.63, 3.8) is 0 Å². The first kappa shape index (κ1) is 11.7. The zero-order valence-corrected chi connectivity index (χ0v) is 9.92. The van der Waals surface area contributed by atoms with Gasteiger partial charge < -0.3 is 4.79 Å². The molecule has 0 spiro atoms. The smallest absolute Gasteiger partial charge is 0.139 e. The Balaban J connectivity index is 2.69. The van der Waals surface area contributed by atoms with Crippen molar-refractivity contribution in [3.05, 3.63) is 0 Å². The lowest BCUT2D eigenvalue weighted by Crippen LogP contribution is -2.54. The van der Waals surface area contributed by atoms with Crippen LogP contribution in [0.3, 0.4) is 0 Å². The fourth-order valence-electron chi connectivity index (χ4n) is 2.39. The highest BCUT2D eigenvalue weighted by Crippen LogP contribution is 2.29. The second-order valence-electron chi connectivity index (χ2n) is 5.12. The van der Waals surface area contributed by atoms with Gasteiger partial charge in [-0.3, -0.25) is 4.90 Å². The van der Waals surface area contributed by atoms with Gasteiger partial charge in [-0.2, -0.15) is 0 Å². The quantitative estimate of drug-likeness (QED) is 0.648. The summed E-state index contributed by atoms with van der Waals surface area (Å²) in [6.07, 6.45) is 4.87. The third-order valence-corrected chi connectivity index (χ3v) is 3.59. The maximum atomic E-state index is 11.0. The molecule has 14 heavy (non-hydrogen) atoms. The predicted octanol–water partition coefficient (Wildman–Crippen LogP) is 2.47. The lowest BCUT2D eigenvalue weighted by Gasteiger charge is -2.45. The SMILES string of the molecule is CC[C@@H]1CC[C@H](C)N(C(C)(C)C=O)C1. The van der Waals surface area contributed by atoms with Gasteiger partial charge in [0.15, 0.2) is 0 Å². The van der Waals surface area contributed by atoms with Crippen molar-refractivity contribution < 1.29 is 4.79 Å². The molecule has 2 nitrogen and oxygen atoms in total. The first-order valence-electron chi connectivity index (χ1n) is 5.74. The topological polar surface area (TPSA) is 20.3 Å². The Hall–Kier alpha value is -0.370. The van der Waals surface area contributed by atoms with Crippen molar-refractivity contribution >= 4 is 6.29 Å². The molecule has 2 heteroatoms. The van der Waals surface area contributed by atoms with Gasteiger partial charge in [0.1, 0.15) is 6.29 Å². The molecule has 0 aromatic rings. The van der Waals surface area contributed by atoms with E-state index in [4.69, 9.17) is 0 Å². The zero-order chi connectivity index (χ0) is 10.8. The maximum Gasteiger partial charge on any atom is 0.139 e. The van der Waals surface area contributed by atoms with Crippen LogP contribution in [0.4, 0.5) is 0 Å². The van der Waals surface area contributed by atoms with Crippen LogP contribution in [0, 0.1) is 5.92 Å². The van der Waals surface area contributed by atoms with E-state index in [0.29, 0.717) is 6.04 Å². The van der Waals surface area contributed by atoms with Crippen molar-refractivity contribution in [2.45, 2.75) is 58.5 Å².